The summed E-state index contributed by atoms with van der Waals surface area (Å²) in [6, 6.07) is 1.56. The highest BCUT2D eigenvalue weighted by Crippen LogP contribution is 2.19. The maximum absolute atomic E-state index is 11.4. The van der Waals surface area contributed by atoms with Crippen molar-refractivity contribution in [1.29, 1.82) is 0 Å². The lowest BCUT2D eigenvalue weighted by Crippen LogP contribution is -2.26. The van der Waals surface area contributed by atoms with Crippen molar-refractivity contribution in [3.63, 3.8) is 0 Å². The largest absolute Gasteiger partial charge is 0.356 e. The van der Waals surface area contributed by atoms with Crippen molar-refractivity contribution in [2.24, 2.45) is 0 Å². The van der Waals surface area contributed by atoms with Crippen molar-refractivity contribution in [3.05, 3.63) is 26.2 Å². The Bertz CT molecular complexity index is 357. The molecule has 1 aliphatic rings. The Labute approximate surface area is 89.0 Å². The van der Waals surface area contributed by atoms with Crippen LogP contribution in [0.4, 0.5) is 0 Å². The van der Waals surface area contributed by atoms with Crippen LogP contribution in [0, 0.1) is 3.57 Å². The SMILES string of the molecule is O=c1cc(I)cnn1[C@@H]1CCCO1. The van der Waals surface area contributed by atoms with Crippen molar-refractivity contribution in [3.8, 4) is 0 Å². The number of hydrogen-bond acceptors (Lipinski definition) is 3. The number of aromatic nitrogens is 2. The summed E-state index contributed by atoms with van der Waals surface area (Å²) >= 11 is 2.07. The van der Waals surface area contributed by atoms with Gasteiger partial charge in [0.25, 0.3) is 5.56 Å². The molecule has 1 aromatic heterocycles. The summed E-state index contributed by atoms with van der Waals surface area (Å²) < 4.78 is 7.63. The van der Waals surface area contributed by atoms with Gasteiger partial charge in [0.2, 0.25) is 0 Å². The van der Waals surface area contributed by atoms with Crippen LogP contribution in [0.15, 0.2) is 17.1 Å². The molecular weight excluding hydrogens is 283 g/mol. The monoisotopic (exact) mass is 292 g/mol. The molecule has 4 nitrogen and oxygen atoms in total. The van der Waals surface area contributed by atoms with Crippen LogP contribution < -0.4 is 5.56 Å². The molecule has 1 aliphatic heterocycles. The van der Waals surface area contributed by atoms with Crippen molar-refractivity contribution >= 4 is 22.6 Å². The zero-order chi connectivity index (χ0) is 9.26. The van der Waals surface area contributed by atoms with Crippen molar-refractivity contribution in [1.82, 2.24) is 9.78 Å². The molecule has 13 heavy (non-hydrogen) atoms. The van der Waals surface area contributed by atoms with Gasteiger partial charge in [0, 0.05) is 16.2 Å². The minimum absolute atomic E-state index is 0.0844. The van der Waals surface area contributed by atoms with Gasteiger partial charge in [0.15, 0.2) is 6.23 Å². The Morgan fingerprint density at radius 2 is 2.54 bits per heavy atom. The topological polar surface area (TPSA) is 44.1 Å². The summed E-state index contributed by atoms with van der Waals surface area (Å²) in [5.74, 6) is 0. The molecule has 0 N–H and O–H groups in total. The zero-order valence-electron chi connectivity index (χ0n) is 6.94. The van der Waals surface area contributed by atoms with E-state index in [0.717, 1.165) is 23.0 Å². The first-order chi connectivity index (χ1) is 6.27. The van der Waals surface area contributed by atoms with Crippen LogP contribution in [-0.4, -0.2) is 16.4 Å². The van der Waals surface area contributed by atoms with Crippen LogP contribution in [0.5, 0.6) is 0 Å². The zero-order valence-corrected chi connectivity index (χ0v) is 9.10. The molecule has 0 aliphatic carbocycles. The number of nitrogens with zero attached hydrogens (tertiary/aromatic N) is 2. The fraction of sp³-hybridized carbons (Fsp3) is 0.500. The molecule has 1 aromatic rings. The van der Waals surface area contributed by atoms with E-state index in [9.17, 15) is 4.79 Å². The molecule has 5 heteroatoms. The molecule has 0 aromatic carbocycles. The Balaban J connectivity index is 2.34. The number of rotatable bonds is 1. The lowest BCUT2D eigenvalue weighted by molar-refractivity contribution is 0.0426. The van der Waals surface area contributed by atoms with Crippen LogP contribution in [0.1, 0.15) is 19.1 Å². The third kappa shape index (κ3) is 1.91. The molecule has 0 spiro atoms. The minimum atomic E-state index is -0.149. The number of ether oxygens (including phenoxy) is 1. The molecular formula is C8H9IN2O2. The summed E-state index contributed by atoms with van der Waals surface area (Å²) in [6.45, 7) is 0.727. The maximum Gasteiger partial charge on any atom is 0.270 e. The van der Waals surface area contributed by atoms with Crippen molar-refractivity contribution in [2.45, 2.75) is 19.1 Å². The Hall–Kier alpha value is -0.430. The average Bonchev–Trinajstić information content (AvgIpc) is 2.56. The van der Waals surface area contributed by atoms with E-state index in [-0.39, 0.29) is 11.8 Å². The number of halogens is 1. The van der Waals surface area contributed by atoms with Gasteiger partial charge in [-0.05, 0) is 35.4 Å². The fourth-order valence-electron chi connectivity index (χ4n) is 1.37. The van der Waals surface area contributed by atoms with Gasteiger partial charge in [0.1, 0.15) is 0 Å². The second-order valence-corrected chi connectivity index (χ2v) is 4.17. The van der Waals surface area contributed by atoms with Crippen LogP contribution in [0.3, 0.4) is 0 Å². The Kier molecular flexibility index (Phi) is 2.63. The Morgan fingerprint density at radius 3 is 3.15 bits per heavy atom. The molecule has 0 radical (unpaired) electrons. The first kappa shape index (κ1) is 9.14. The standard InChI is InChI=1S/C8H9IN2O2/c9-6-4-7(12)11(10-5-6)8-2-1-3-13-8/h4-5,8H,1-3H2/t8-/m0/s1. The average molecular weight is 292 g/mol. The van der Waals surface area contributed by atoms with Gasteiger partial charge < -0.3 is 4.74 Å². The van der Waals surface area contributed by atoms with Crippen LogP contribution >= 0.6 is 22.6 Å². The lowest BCUT2D eigenvalue weighted by Gasteiger charge is -2.10. The molecule has 0 amide bonds. The van der Waals surface area contributed by atoms with Gasteiger partial charge in [0.05, 0.1) is 6.20 Å². The van der Waals surface area contributed by atoms with E-state index < -0.39 is 0 Å². The van der Waals surface area contributed by atoms with E-state index in [2.05, 4.69) is 27.7 Å². The second-order valence-electron chi connectivity index (χ2n) is 2.92. The van der Waals surface area contributed by atoms with E-state index in [1.54, 1.807) is 12.3 Å². The van der Waals surface area contributed by atoms with Gasteiger partial charge >= 0.3 is 0 Å². The van der Waals surface area contributed by atoms with E-state index in [0.29, 0.717) is 0 Å². The first-order valence-corrected chi connectivity index (χ1v) is 5.21. The summed E-state index contributed by atoms with van der Waals surface area (Å²) in [7, 11) is 0. The van der Waals surface area contributed by atoms with E-state index in [4.69, 9.17) is 4.74 Å². The molecule has 70 valence electrons. The van der Waals surface area contributed by atoms with E-state index in [1.807, 2.05) is 0 Å². The summed E-state index contributed by atoms with van der Waals surface area (Å²) in [5.41, 5.74) is -0.0844. The summed E-state index contributed by atoms with van der Waals surface area (Å²) in [4.78, 5) is 11.4. The normalized spacial score (nSPS) is 22.1. The van der Waals surface area contributed by atoms with Crippen molar-refractivity contribution in [2.75, 3.05) is 6.61 Å². The first-order valence-electron chi connectivity index (χ1n) is 4.13. The molecule has 0 unspecified atom stereocenters. The van der Waals surface area contributed by atoms with Gasteiger partial charge in [-0.15, -0.1) is 0 Å². The molecule has 2 rings (SSSR count). The van der Waals surface area contributed by atoms with Crippen LogP contribution in [0.2, 0.25) is 0 Å². The van der Waals surface area contributed by atoms with Crippen LogP contribution in [-0.2, 0) is 4.74 Å². The third-order valence-corrected chi connectivity index (χ3v) is 2.56. The predicted molar refractivity (Wildman–Crippen MR) is 55.4 cm³/mol. The third-order valence-electron chi connectivity index (χ3n) is 1.97. The quantitative estimate of drug-likeness (QED) is 0.730. The summed E-state index contributed by atoms with van der Waals surface area (Å²) in [6.07, 6.45) is 3.41. The lowest BCUT2D eigenvalue weighted by atomic mass is 10.3. The molecule has 1 fully saturated rings. The predicted octanol–water partition coefficient (Wildman–Crippen LogP) is 1.16. The molecule has 0 saturated carbocycles. The fourth-order valence-corrected chi connectivity index (χ4v) is 1.76. The van der Waals surface area contributed by atoms with Crippen LogP contribution in [0.25, 0.3) is 0 Å². The maximum atomic E-state index is 11.4. The highest BCUT2D eigenvalue weighted by atomic mass is 127. The van der Waals surface area contributed by atoms with Crippen molar-refractivity contribution < 1.29 is 4.74 Å². The highest BCUT2D eigenvalue weighted by molar-refractivity contribution is 14.1. The van der Waals surface area contributed by atoms with E-state index >= 15 is 0 Å². The second kappa shape index (κ2) is 3.75. The molecule has 1 saturated heterocycles. The van der Waals surface area contributed by atoms with Gasteiger partial charge in [-0.1, -0.05) is 0 Å². The number of hydrogen-bond donors (Lipinski definition) is 0. The smallest absolute Gasteiger partial charge is 0.270 e. The van der Waals surface area contributed by atoms with Gasteiger partial charge in [-0.3, -0.25) is 4.79 Å². The molecule has 1 atom stereocenters. The molecule has 0 bridgehead atoms. The van der Waals surface area contributed by atoms with E-state index in [1.165, 1.54) is 4.68 Å². The molecule has 2 heterocycles. The minimum Gasteiger partial charge on any atom is -0.356 e. The highest BCUT2D eigenvalue weighted by Gasteiger charge is 2.18. The van der Waals surface area contributed by atoms with Gasteiger partial charge in [-0.2, -0.15) is 5.10 Å². The van der Waals surface area contributed by atoms with Gasteiger partial charge in [-0.25, -0.2) is 4.68 Å². The Morgan fingerprint density at radius 1 is 1.69 bits per heavy atom. The summed E-state index contributed by atoms with van der Waals surface area (Å²) in [5, 5.41) is 4.03.